The summed E-state index contributed by atoms with van der Waals surface area (Å²) < 4.78 is 0. The van der Waals surface area contributed by atoms with Crippen LogP contribution in [0.2, 0.25) is 0 Å². The van der Waals surface area contributed by atoms with Gasteiger partial charge >= 0.3 is 0 Å². The van der Waals surface area contributed by atoms with E-state index in [9.17, 15) is 14.4 Å². The maximum absolute atomic E-state index is 13.1. The Hall–Kier alpha value is -3.39. The lowest BCUT2D eigenvalue weighted by atomic mass is 10.1. The Kier molecular flexibility index (Phi) is 6.49. The number of anilines is 2. The summed E-state index contributed by atoms with van der Waals surface area (Å²) in [7, 11) is 0. The van der Waals surface area contributed by atoms with Gasteiger partial charge in [0.15, 0.2) is 0 Å². The van der Waals surface area contributed by atoms with Crippen molar-refractivity contribution in [2.24, 2.45) is 5.92 Å². The standard InChI is InChI=1S/C26H31N5O3/c32-24(19-6-7-19)28-22-18-21(26(34)30-12-10-27-11-13-30)8-9-23(22)29-14-16-31(17-15-29)25(33)20-4-2-1-3-5-20/h1-5,8-9,18-19,27H,6-7,10-17H2,(H,28,32). The number of nitrogens with zero attached hydrogens (tertiary/aromatic N) is 3. The summed E-state index contributed by atoms with van der Waals surface area (Å²) in [6.07, 6.45) is 1.83. The second kappa shape index (κ2) is 9.85. The number of piperazine rings is 2. The van der Waals surface area contributed by atoms with Gasteiger partial charge in [0.1, 0.15) is 0 Å². The van der Waals surface area contributed by atoms with Crippen molar-refractivity contribution in [2.45, 2.75) is 12.8 Å². The highest BCUT2D eigenvalue weighted by Crippen LogP contribution is 2.34. The molecule has 2 aliphatic heterocycles. The molecule has 3 amide bonds. The number of carbonyl (C=O) groups is 3. The van der Waals surface area contributed by atoms with Gasteiger partial charge in [0, 0.05) is 69.4 Å². The number of hydrogen-bond donors (Lipinski definition) is 2. The summed E-state index contributed by atoms with van der Waals surface area (Å²) in [5.74, 6) is 0.124. The molecule has 0 unspecified atom stereocenters. The number of benzene rings is 2. The summed E-state index contributed by atoms with van der Waals surface area (Å²) >= 11 is 0. The molecule has 5 rings (SSSR count). The Morgan fingerprint density at radius 1 is 0.765 bits per heavy atom. The Morgan fingerprint density at radius 2 is 1.41 bits per heavy atom. The SMILES string of the molecule is O=C(Nc1cc(C(=O)N2CCNCC2)ccc1N1CCN(C(=O)c2ccccc2)CC1)C1CC1. The molecular formula is C26H31N5O3. The van der Waals surface area contributed by atoms with Crippen LogP contribution < -0.4 is 15.5 Å². The summed E-state index contributed by atoms with van der Waals surface area (Å²) in [5.41, 5.74) is 2.87. The van der Waals surface area contributed by atoms with Crippen molar-refractivity contribution in [3.8, 4) is 0 Å². The molecule has 0 aromatic heterocycles. The number of hydrogen-bond acceptors (Lipinski definition) is 5. The molecule has 0 bridgehead atoms. The largest absolute Gasteiger partial charge is 0.366 e. The van der Waals surface area contributed by atoms with Gasteiger partial charge in [-0.05, 0) is 43.2 Å². The first-order valence-corrected chi connectivity index (χ1v) is 12.1. The first-order chi connectivity index (χ1) is 16.6. The van der Waals surface area contributed by atoms with Gasteiger partial charge in [0.05, 0.1) is 11.4 Å². The lowest BCUT2D eigenvalue weighted by Gasteiger charge is -2.37. The van der Waals surface area contributed by atoms with Crippen LogP contribution >= 0.6 is 0 Å². The zero-order valence-corrected chi connectivity index (χ0v) is 19.3. The third kappa shape index (κ3) is 4.92. The molecule has 3 fully saturated rings. The van der Waals surface area contributed by atoms with Crippen LogP contribution in [0.15, 0.2) is 48.5 Å². The zero-order valence-electron chi connectivity index (χ0n) is 19.3. The lowest BCUT2D eigenvalue weighted by molar-refractivity contribution is -0.117. The molecule has 2 N–H and O–H groups in total. The predicted octanol–water partition coefficient (Wildman–Crippen LogP) is 2.04. The van der Waals surface area contributed by atoms with Crippen LogP contribution in [-0.2, 0) is 4.79 Å². The van der Waals surface area contributed by atoms with E-state index in [2.05, 4.69) is 15.5 Å². The number of rotatable bonds is 5. The van der Waals surface area contributed by atoms with Gasteiger partial charge in [-0.3, -0.25) is 14.4 Å². The molecule has 2 aromatic rings. The molecule has 3 aliphatic rings. The van der Waals surface area contributed by atoms with E-state index in [1.807, 2.05) is 58.3 Å². The minimum atomic E-state index is -0.00625. The van der Waals surface area contributed by atoms with Crippen LogP contribution in [0.4, 0.5) is 11.4 Å². The van der Waals surface area contributed by atoms with Crippen molar-refractivity contribution < 1.29 is 14.4 Å². The minimum absolute atomic E-state index is 0.00625. The monoisotopic (exact) mass is 461 g/mol. The fourth-order valence-corrected chi connectivity index (χ4v) is 4.59. The number of carbonyl (C=O) groups excluding carboxylic acids is 3. The average molecular weight is 462 g/mol. The van der Waals surface area contributed by atoms with Crippen molar-refractivity contribution in [1.82, 2.24) is 15.1 Å². The highest BCUT2D eigenvalue weighted by Gasteiger charge is 2.31. The van der Waals surface area contributed by atoms with E-state index in [4.69, 9.17) is 0 Å². The molecule has 0 radical (unpaired) electrons. The number of amides is 3. The van der Waals surface area contributed by atoms with Gasteiger partial charge in [-0.1, -0.05) is 18.2 Å². The molecule has 178 valence electrons. The fraction of sp³-hybridized carbons (Fsp3) is 0.423. The summed E-state index contributed by atoms with van der Waals surface area (Å²) in [5, 5.41) is 6.35. The van der Waals surface area contributed by atoms with Crippen LogP contribution in [0.1, 0.15) is 33.6 Å². The van der Waals surface area contributed by atoms with Gasteiger partial charge in [-0.15, -0.1) is 0 Å². The van der Waals surface area contributed by atoms with Crippen LogP contribution in [-0.4, -0.2) is 79.9 Å². The van der Waals surface area contributed by atoms with Crippen molar-refractivity contribution in [3.63, 3.8) is 0 Å². The van der Waals surface area contributed by atoms with E-state index in [0.29, 0.717) is 56.1 Å². The smallest absolute Gasteiger partial charge is 0.254 e. The molecule has 8 nitrogen and oxygen atoms in total. The van der Waals surface area contributed by atoms with Gasteiger partial charge in [0.25, 0.3) is 11.8 Å². The Balaban J connectivity index is 1.32. The predicted molar refractivity (Wildman–Crippen MR) is 131 cm³/mol. The third-order valence-corrected chi connectivity index (χ3v) is 6.78. The molecule has 0 atom stereocenters. The quantitative estimate of drug-likeness (QED) is 0.712. The van der Waals surface area contributed by atoms with E-state index < -0.39 is 0 Å². The van der Waals surface area contributed by atoms with Crippen molar-refractivity contribution in [2.75, 3.05) is 62.6 Å². The molecule has 2 aromatic carbocycles. The molecule has 1 saturated carbocycles. The fourth-order valence-electron chi connectivity index (χ4n) is 4.59. The van der Waals surface area contributed by atoms with E-state index in [-0.39, 0.29) is 23.6 Å². The second-order valence-electron chi connectivity index (χ2n) is 9.18. The Bertz CT molecular complexity index is 1060. The molecule has 2 heterocycles. The van der Waals surface area contributed by atoms with Gasteiger partial charge in [0.2, 0.25) is 5.91 Å². The summed E-state index contributed by atoms with van der Waals surface area (Å²) in [6, 6.07) is 15.0. The van der Waals surface area contributed by atoms with Crippen LogP contribution in [0.3, 0.4) is 0 Å². The van der Waals surface area contributed by atoms with E-state index >= 15 is 0 Å². The molecule has 8 heteroatoms. The molecule has 0 spiro atoms. The van der Waals surface area contributed by atoms with Crippen LogP contribution in [0.5, 0.6) is 0 Å². The maximum atomic E-state index is 13.1. The third-order valence-electron chi connectivity index (χ3n) is 6.78. The Morgan fingerprint density at radius 3 is 2.09 bits per heavy atom. The topological polar surface area (TPSA) is 85.0 Å². The van der Waals surface area contributed by atoms with E-state index in [1.165, 1.54) is 0 Å². The maximum Gasteiger partial charge on any atom is 0.254 e. The zero-order chi connectivity index (χ0) is 23.5. The van der Waals surface area contributed by atoms with Crippen molar-refractivity contribution >= 4 is 29.1 Å². The Labute approximate surface area is 199 Å². The minimum Gasteiger partial charge on any atom is -0.366 e. The molecule has 34 heavy (non-hydrogen) atoms. The highest BCUT2D eigenvalue weighted by atomic mass is 16.2. The molecular weight excluding hydrogens is 430 g/mol. The summed E-state index contributed by atoms with van der Waals surface area (Å²) in [4.78, 5) is 44.4. The van der Waals surface area contributed by atoms with E-state index in [0.717, 1.165) is 31.6 Å². The average Bonchev–Trinajstić information content (AvgIpc) is 3.75. The first kappa shape index (κ1) is 22.4. The van der Waals surface area contributed by atoms with Gasteiger partial charge in [-0.25, -0.2) is 0 Å². The van der Waals surface area contributed by atoms with Gasteiger partial charge in [-0.2, -0.15) is 0 Å². The van der Waals surface area contributed by atoms with Crippen LogP contribution in [0.25, 0.3) is 0 Å². The normalized spacial score (nSPS) is 18.5. The van der Waals surface area contributed by atoms with E-state index in [1.54, 1.807) is 0 Å². The number of nitrogens with one attached hydrogen (secondary N) is 2. The van der Waals surface area contributed by atoms with Crippen LogP contribution in [0, 0.1) is 5.92 Å². The lowest BCUT2D eigenvalue weighted by Crippen LogP contribution is -2.49. The first-order valence-electron chi connectivity index (χ1n) is 12.1. The summed E-state index contributed by atoms with van der Waals surface area (Å²) in [6.45, 7) is 5.48. The molecule has 2 saturated heterocycles. The molecule has 1 aliphatic carbocycles. The highest BCUT2D eigenvalue weighted by molar-refractivity contribution is 6.01. The van der Waals surface area contributed by atoms with Crippen molar-refractivity contribution in [3.05, 3.63) is 59.7 Å². The second-order valence-corrected chi connectivity index (χ2v) is 9.18. The van der Waals surface area contributed by atoms with Gasteiger partial charge < -0.3 is 25.3 Å². The van der Waals surface area contributed by atoms with Crippen molar-refractivity contribution in [1.29, 1.82) is 0 Å².